The number of halogens is 1. The Hall–Kier alpha value is -1.73. The number of carbonyl (C=O) groups excluding carboxylic acids is 1. The molecule has 1 saturated heterocycles. The number of hydrogen-bond acceptors (Lipinski definition) is 4. The van der Waals surface area contributed by atoms with E-state index in [1.54, 1.807) is 0 Å². The lowest BCUT2D eigenvalue weighted by molar-refractivity contribution is 0.0887. The third-order valence-corrected chi connectivity index (χ3v) is 4.26. The highest BCUT2D eigenvalue weighted by atomic mass is 32.1. The summed E-state index contributed by atoms with van der Waals surface area (Å²) in [6, 6.07) is 3.23. The maximum Gasteiger partial charge on any atom is 0.255 e. The maximum absolute atomic E-state index is 13.2. The molecule has 1 fully saturated rings. The van der Waals surface area contributed by atoms with E-state index >= 15 is 0 Å². The van der Waals surface area contributed by atoms with Gasteiger partial charge in [0.25, 0.3) is 5.91 Å². The summed E-state index contributed by atoms with van der Waals surface area (Å²) in [7, 11) is 1.98. The Labute approximate surface area is 127 Å². The van der Waals surface area contributed by atoms with Gasteiger partial charge in [0.15, 0.2) is 0 Å². The van der Waals surface area contributed by atoms with Crippen LogP contribution in [0.15, 0.2) is 18.2 Å². The molecule has 4 N–H and O–H groups in total. The van der Waals surface area contributed by atoms with Crippen molar-refractivity contribution in [2.24, 2.45) is 5.73 Å². The molecule has 1 aliphatic rings. The van der Waals surface area contributed by atoms with Gasteiger partial charge in [0.1, 0.15) is 11.6 Å². The van der Waals surface area contributed by atoms with Gasteiger partial charge < -0.3 is 21.1 Å². The molecule has 5 nitrogen and oxygen atoms in total. The molecule has 0 saturated carbocycles. The lowest BCUT2D eigenvalue weighted by Gasteiger charge is -2.40. The standard InChI is InChI=1S/C14H18FN3O2S/c1-18-6-4-14(5-7-18,13(16)21)17-12(20)10-8-9(15)2-3-11(10)19/h2-3,8,19H,4-7H2,1H3,(H2,16,21)(H,17,20). The van der Waals surface area contributed by atoms with Gasteiger partial charge in [-0.15, -0.1) is 0 Å². The summed E-state index contributed by atoms with van der Waals surface area (Å²) in [6.07, 6.45) is 1.17. The summed E-state index contributed by atoms with van der Waals surface area (Å²) in [4.78, 5) is 14.6. The molecule has 1 heterocycles. The number of thiocarbonyl (C=S) groups is 1. The topological polar surface area (TPSA) is 78.6 Å². The van der Waals surface area contributed by atoms with Crippen molar-refractivity contribution in [2.45, 2.75) is 18.4 Å². The molecule has 21 heavy (non-hydrogen) atoms. The second-order valence-corrected chi connectivity index (χ2v) is 5.81. The van der Waals surface area contributed by atoms with E-state index in [1.807, 2.05) is 7.05 Å². The number of likely N-dealkylation sites (tertiary alicyclic amines) is 1. The zero-order valence-corrected chi connectivity index (χ0v) is 12.5. The molecule has 1 aliphatic heterocycles. The number of aromatic hydroxyl groups is 1. The van der Waals surface area contributed by atoms with E-state index in [0.29, 0.717) is 12.8 Å². The first kappa shape index (κ1) is 15.7. The van der Waals surface area contributed by atoms with Crippen LogP contribution in [0.25, 0.3) is 0 Å². The number of rotatable bonds is 3. The number of phenols is 1. The lowest BCUT2D eigenvalue weighted by atomic mass is 9.87. The van der Waals surface area contributed by atoms with Crippen LogP contribution in [0.5, 0.6) is 5.75 Å². The fourth-order valence-electron chi connectivity index (χ4n) is 2.41. The van der Waals surface area contributed by atoms with Crippen molar-refractivity contribution >= 4 is 23.1 Å². The largest absolute Gasteiger partial charge is 0.507 e. The number of carbonyl (C=O) groups is 1. The molecule has 7 heteroatoms. The Kier molecular flexibility index (Phi) is 4.43. The fourth-order valence-corrected chi connectivity index (χ4v) is 2.66. The van der Waals surface area contributed by atoms with E-state index in [1.165, 1.54) is 0 Å². The molecule has 0 aromatic heterocycles. The van der Waals surface area contributed by atoms with Crippen LogP contribution in [0.4, 0.5) is 4.39 Å². The van der Waals surface area contributed by atoms with Gasteiger partial charge in [-0.25, -0.2) is 4.39 Å². The zero-order valence-electron chi connectivity index (χ0n) is 11.7. The fraction of sp³-hybridized carbons (Fsp3) is 0.429. The van der Waals surface area contributed by atoms with Gasteiger partial charge >= 0.3 is 0 Å². The molecular weight excluding hydrogens is 293 g/mol. The molecule has 0 bridgehead atoms. The summed E-state index contributed by atoms with van der Waals surface area (Å²) >= 11 is 5.10. The van der Waals surface area contributed by atoms with E-state index < -0.39 is 17.3 Å². The second kappa shape index (κ2) is 5.95. The van der Waals surface area contributed by atoms with E-state index in [-0.39, 0.29) is 16.3 Å². The number of piperidine rings is 1. The van der Waals surface area contributed by atoms with Crippen LogP contribution in [-0.2, 0) is 0 Å². The molecule has 1 aromatic rings. The third-order valence-electron chi connectivity index (χ3n) is 3.87. The predicted octanol–water partition coefficient (Wildman–Crippen LogP) is 1.01. The first-order chi connectivity index (χ1) is 9.84. The number of benzene rings is 1. The molecule has 1 amide bonds. The first-order valence-electron chi connectivity index (χ1n) is 6.63. The molecular formula is C14H18FN3O2S. The minimum Gasteiger partial charge on any atom is -0.507 e. The Balaban J connectivity index is 2.23. The Morgan fingerprint density at radius 2 is 2.10 bits per heavy atom. The highest BCUT2D eigenvalue weighted by Gasteiger charge is 2.38. The number of phenolic OH excluding ortho intramolecular Hbond substituents is 1. The quantitative estimate of drug-likeness (QED) is 0.726. The van der Waals surface area contributed by atoms with Gasteiger partial charge in [-0.1, -0.05) is 12.2 Å². The molecule has 114 valence electrons. The maximum atomic E-state index is 13.2. The molecule has 0 unspecified atom stereocenters. The van der Waals surface area contributed by atoms with Gasteiger partial charge in [-0.3, -0.25) is 4.79 Å². The smallest absolute Gasteiger partial charge is 0.255 e. The Bertz CT molecular complexity index is 571. The van der Waals surface area contributed by atoms with Crippen LogP contribution in [0, 0.1) is 5.82 Å². The van der Waals surface area contributed by atoms with Crippen LogP contribution in [0.2, 0.25) is 0 Å². The SMILES string of the molecule is CN1CCC(NC(=O)c2cc(F)ccc2O)(C(N)=S)CC1. The average Bonchev–Trinajstić information content (AvgIpc) is 2.44. The van der Waals surface area contributed by atoms with Gasteiger partial charge in [-0.2, -0.15) is 0 Å². The molecule has 2 rings (SSSR count). The van der Waals surface area contributed by atoms with E-state index in [2.05, 4.69) is 10.2 Å². The van der Waals surface area contributed by atoms with Gasteiger partial charge in [0.2, 0.25) is 0 Å². The molecule has 1 aromatic carbocycles. The van der Waals surface area contributed by atoms with Gasteiger partial charge in [0, 0.05) is 13.1 Å². The monoisotopic (exact) mass is 311 g/mol. The normalized spacial score (nSPS) is 18.2. The Morgan fingerprint density at radius 1 is 1.48 bits per heavy atom. The highest BCUT2D eigenvalue weighted by molar-refractivity contribution is 7.80. The zero-order chi connectivity index (χ0) is 15.6. The summed E-state index contributed by atoms with van der Waals surface area (Å²) in [5.74, 6) is -1.45. The van der Waals surface area contributed by atoms with E-state index in [4.69, 9.17) is 18.0 Å². The lowest BCUT2D eigenvalue weighted by Crippen LogP contribution is -2.61. The van der Waals surface area contributed by atoms with Crippen LogP contribution >= 0.6 is 12.2 Å². The van der Waals surface area contributed by atoms with Crippen LogP contribution in [0.1, 0.15) is 23.2 Å². The predicted molar refractivity (Wildman–Crippen MR) is 81.8 cm³/mol. The van der Waals surface area contributed by atoms with Crippen molar-refractivity contribution in [3.8, 4) is 5.75 Å². The third kappa shape index (κ3) is 3.30. The minimum atomic E-state index is -0.794. The molecule has 0 radical (unpaired) electrons. The molecule has 0 aliphatic carbocycles. The molecule has 0 spiro atoms. The van der Waals surface area contributed by atoms with Crippen LogP contribution < -0.4 is 11.1 Å². The van der Waals surface area contributed by atoms with Crippen LogP contribution in [0.3, 0.4) is 0 Å². The summed E-state index contributed by atoms with van der Waals surface area (Å²) in [5, 5.41) is 12.5. The van der Waals surface area contributed by atoms with Crippen molar-refractivity contribution in [1.82, 2.24) is 10.2 Å². The average molecular weight is 311 g/mol. The van der Waals surface area contributed by atoms with Crippen molar-refractivity contribution in [2.75, 3.05) is 20.1 Å². The number of hydrogen-bond donors (Lipinski definition) is 3. The van der Waals surface area contributed by atoms with Crippen LogP contribution in [-0.4, -0.2) is 46.6 Å². The number of nitrogens with zero attached hydrogens (tertiary/aromatic N) is 1. The van der Waals surface area contributed by atoms with Crippen molar-refractivity contribution < 1.29 is 14.3 Å². The Morgan fingerprint density at radius 3 is 2.67 bits per heavy atom. The second-order valence-electron chi connectivity index (χ2n) is 5.37. The van der Waals surface area contributed by atoms with Crippen molar-refractivity contribution in [3.63, 3.8) is 0 Å². The van der Waals surface area contributed by atoms with E-state index in [0.717, 1.165) is 31.3 Å². The minimum absolute atomic E-state index is 0.121. The molecule has 0 atom stereocenters. The van der Waals surface area contributed by atoms with E-state index in [9.17, 15) is 14.3 Å². The number of nitrogens with one attached hydrogen (secondary N) is 1. The van der Waals surface area contributed by atoms with Crippen molar-refractivity contribution in [1.29, 1.82) is 0 Å². The van der Waals surface area contributed by atoms with Gasteiger partial charge in [0.05, 0.1) is 16.1 Å². The van der Waals surface area contributed by atoms with Gasteiger partial charge in [-0.05, 0) is 38.1 Å². The first-order valence-corrected chi connectivity index (χ1v) is 7.04. The highest BCUT2D eigenvalue weighted by Crippen LogP contribution is 2.25. The van der Waals surface area contributed by atoms with Crippen molar-refractivity contribution in [3.05, 3.63) is 29.6 Å². The summed E-state index contributed by atoms with van der Waals surface area (Å²) < 4.78 is 13.2. The summed E-state index contributed by atoms with van der Waals surface area (Å²) in [5.41, 5.74) is 4.89. The number of nitrogens with two attached hydrogens (primary N) is 1. The number of amides is 1. The summed E-state index contributed by atoms with van der Waals surface area (Å²) in [6.45, 7) is 1.49.